The number of hydrogen-bond donors (Lipinski definition) is 1. The summed E-state index contributed by atoms with van der Waals surface area (Å²) in [4.78, 5) is 14.4. The van der Waals surface area contributed by atoms with E-state index < -0.39 is 5.91 Å². The van der Waals surface area contributed by atoms with Gasteiger partial charge in [-0.15, -0.1) is 0 Å². The van der Waals surface area contributed by atoms with Crippen molar-refractivity contribution in [2.24, 2.45) is 0 Å². The van der Waals surface area contributed by atoms with Crippen molar-refractivity contribution in [3.05, 3.63) is 65.0 Å². The Morgan fingerprint density at radius 1 is 1.23 bits per heavy atom. The number of rotatable bonds is 4. The number of carbonyl (C=O) groups excluding carboxylic acids is 1. The molecule has 132 valence electrons. The molecule has 4 nitrogen and oxygen atoms in total. The number of nitrogens with one attached hydrogen (secondary N) is 1. The third-order valence-corrected chi connectivity index (χ3v) is 4.49. The number of nitrogens with zero attached hydrogens (tertiary/aromatic N) is 2. The maximum absolute atomic E-state index is 14.4. The van der Waals surface area contributed by atoms with Crippen molar-refractivity contribution in [3.8, 4) is 6.07 Å². The summed E-state index contributed by atoms with van der Waals surface area (Å²) < 4.78 is 14.4. The topological polar surface area (TPSA) is 56.1 Å². The Bertz CT molecular complexity index is 892. The summed E-state index contributed by atoms with van der Waals surface area (Å²) in [7, 11) is 0. The van der Waals surface area contributed by atoms with Crippen LogP contribution in [-0.2, 0) is 4.79 Å². The zero-order valence-electron chi connectivity index (χ0n) is 14.6. The normalized spacial score (nSPS) is 14.2. The Balaban J connectivity index is 1.80. The summed E-state index contributed by atoms with van der Waals surface area (Å²) in [6.07, 6.45) is 3.54. The predicted octanol–water partition coefficient (Wildman–Crippen LogP) is 4.28. The summed E-state index contributed by atoms with van der Waals surface area (Å²) in [5, 5.41) is 12.0. The van der Waals surface area contributed by atoms with Gasteiger partial charge in [0, 0.05) is 18.8 Å². The van der Waals surface area contributed by atoms with Crippen molar-refractivity contribution < 1.29 is 9.18 Å². The van der Waals surface area contributed by atoms with Crippen molar-refractivity contribution in [2.75, 3.05) is 23.3 Å². The molecule has 0 aliphatic carbocycles. The van der Waals surface area contributed by atoms with Crippen LogP contribution in [0.3, 0.4) is 0 Å². The summed E-state index contributed by atoms with van der Waals surface area (Å²) >= 11 is 0. The van der Waals surface area contributed by atoms with Crippen LogP contribution >= 0.6 is 0 Å². The molecular formula is C21H20FN3O. The van der Waals surface area contributed by atoms with Gasteiger partial charge in [0.15, 0.2) is 0 Å². The summed E-state index contributed by atoms with van der Waals surface area (Å²) in [6, 6.07) is 14.0. The van der Waals surface area contributed by atoms with Crippen molar-refractivity contribution in [3.63, 3.8) is 0 Å². The molecule has 2 aromatic rings. The van der Waals surface area contributed by atoms with E-state index in [-0.39, 0.29) is 11.4 Å². The number of hydrogen-bond acceptors (Lipinski definition) is 3. The second-order valence-electron chi connectivity index (χ2n) is 6.34. The molecule has 1 aliphatic heterocycles. The molecule has 0 radical (unpaired) electrons. The lowest BCUT2D eigenvalue weighted by molar-refractivity contribution is -0.112. The average Bonchev–Trinajstić information content (AvgIpc) is 3.16. The van der Waals surface area contributed by atoms with E-state index in [1.807, 2.05) is 36.1 Å². The molecule has 1 N–H and O–H groups in total. The van der Waals surface area contributed by atoms with Crippen molar-refractivity contribution in [1.82, 2.24) is 0 Å². The summed E-state index contributed by atoms with van der Waals surface area (Å²) in [6.45, 7) is 3.58. The largest absolute Gasteiger partial charge is 0.369 e. The highest BCUT2D eigenvalue weighted by atomic mass is 19.1. The molecule has 1 fully saturated rings. The average molecular weight is 349 g/mol. The predicted molar refractivity (Wildman–Crippen MR) is 101 cm³/mol. The van der Waals surface area contributed by atoms with Gasteiger partial charge < -0.3 is 10.2 Å². The quantitative estimate of drug-likeness (QED) is 0.662. The molecule has 1 amide bonds. The number of nitriles is 1. The molecule has 0 spiro atoms. The zero-order valence-corrected chi connectivity index (χ0v) is 14.6. The number of benzene rings is 2. The molecule has 0 bridgehead atoms. The fourth-order valence-electron chi connectivity index (χ4n) is 3.05. The number of para-hydroxylation sites is 1. The number of halogens is 1. The van der Waals surface area contributed by atoms with Crippen molar-refractivity contribution in [1.29, 1.82) is 5.26 Å². The third kappa shape index (κ3) is 3.92. The standard InChI is InChI=1S/C21H20FN3O/c1-15-6-2-3-7-19(15)24-21(26)17(14-23)12-16-8-9-20(18(22)13-16)25-10-4-5-11-25/h2-3,6-9,12-13H,4-5,10-11H2,1H3,(H,24,26)/b17-12-. The fourth-order valence-corrected chi connectivity index (χ4v) is 3.05. The van der Waals surface area contributed by atoms with Crippen LogP contribution in [0, 0.1) is 24.1 Å². The van der Waals surface area contributed by atoms with E-state index in [1.165, 1.54) is 12.1 Å². The number of carbonyl (C=O) groups is 1. The van der Waals surface area contributed by atoms with Crippen LogP contribution in [-0.4, -0.2) is 19.0 Å². The fraction of sp³-hybridized carbons (Fsp3) is 0.238. The van der Waals surface area contributed by atoms with Crippen LogP contribution in [0.4, 0.5) is 15.8 Å². The molecule has 1 aliphatic rings. The van der Waals surface area contributed by atoms with Crippen LogP contribution in [0.2, 0.25) is 0 Å². The lowest BCUT2D eigenvalue weighted by Gasteiger charge is -2.18. The Morgan fingerprint density at radius 2 is 1.96 bits per heavy atom. The molecule has 2 aromatic carbocycles. The van der Waals surface area contributed by atoms with E-state index in [9.17, 15) is 14.4 Å². The van der Waals surface area contributed by atoms with Gasteiger partial charge in [0.25, 0.3) is 5.91 Å². The molecule has 1 saturated heterocycles. The first-order valence-electron chi connectivity index (χ1n) is 8.62. The second kappa shape index (κ2) is 7.83. The third-order valence-electron chi connectivity index (χ3n) is 4.49. The first-order chi connectivity index (χ1) is 12.6. The van der Waals surface area contributed by atoms with E-state index in [4.69, 9.17) is 0 Å². The molecule has 0 unspecified atom stereocenters. The monoisotopic (exact) mass is 349 g/mol. The van der Waals surface area contributed by atoms with E-state index in [1.54, 1.807) is 18.2 Å². The van der Waals surface area contributed by atoms with E-state index in [0.717, 1.165) is 31.5 Å². The van der Waals surface area contributed by atoms with Gasteiger partial charge in [-0.2, -0.15) is 5.26 Å². The highest BCUT2D eigenvalue weighted by Gasteiger charge is 2.16. The van der Waals surface area contributed by atoms with Crippen molar-refractivity contribution in [2.45, 2.75) is 19.8 Å². The maximum atomic E-state index is 14.4. The van der Waals surface area contributed by atoms with Crippen LogP contribution in [0.5, 0.6) is 0 Å². The summed E-state index contributed by atoms with van der Waals surface area (Å²) in [5.74, 6) is -0.844. The minimum atomic E-state index is -0.508. The van der Waals surface area contributed by atoms with Gasteiger partial charge in [-0.25, -0.2) is 4.39 Å². The highest BCUT2D eigenvalue weighted by Crippen LogP contribution is 2.25. The van der Waals surface area contributed by atoms with Gasteiger partial charge >= 0.3 is 0 Å². The smallest absolute Gasteiger partial charge is 0.266 e. The van der Waals surface area contributed by atoms with Crippen LogP contribution in [0.25, 0.3) is 6.08 Å². The van der Waals surface area contributed by atoms with Crippen LogP contribution in [0.15, 0.2) is 48.0 Å². The minimum absolute atomic E-state index is 0.0680. The second-order valence-corrected chi connectivity index (χ2v) is 6.34. The van der Waals surface area contributed by atoms with Crippen LogP contribution < -0.4 is 10.2 Å². The summed E-state index contributed by atoms with van der Waals surface area (Å²) in [5.41, 5.74) is 2.54. The van der Waals surface area contributed by atoms with E-state index in [0.29, 0.717) is 16.9 Å². The molecule has 26 heavy (non-hydrogen) atoms. The minimum Gasteiger partial charge on any atom is -0.369 e. The van der Waals surface area contributed by atoms with Gasteiger partial charge in [-0.05, 0) is 55.2 Å². The van der Waals surface area contributed by atoms with Crippen LogP contribution in [0.1, 0.15) is 24.0 Å². The molecule has 0 aromatic heterocycles. The number of amides is 1. The van der Waals surface area contributed by atoms with Gasteiger partial charge in [0.1, 0.15) is 17.5 Å². The Labute approximate surface area is 152 Å². The van der Waals surface area contributed by atoms with Gasteiger partial charge in [-0.3, -0.25) is 4.79 Å². The zero-order chi connectivity index (χ0) is 18.5. The first kappa shape index (κ1) is 17.7. The van der Waals surface area contributed by atoms with Gasteiger partial charge in [0.05, 0.1) is 5.69 Å². The molecule has 0 saturated carbocycles. The molecule has 1 heterocycles. The van der Waals surface area contributed by atoms with E-state index in [2.05, 4.69) is 5.32 Å². The first-order valence-corrected chi connectivity index (χ1v) is 8.62. The van der Waals surface area contributed by atoms with Crippen molar-refractivity contribution >= 4 is 23.4 Å². The number of aryl methyl sites for hydroxylation is 1. The molecular weight excluding hydrogens is 329 g/mol. The highest BCUT2D eigenvalue weighted by molar-refractivity contribution is 6.09. The maximum Gasteiger partial charge on any atom is 0.266 e. The Morgan fingerprint density at radius 3 is 2.62 bits per heavy atom. The molecule has 5 heteroatoms. The lowest BCUT2D eigenvalue weighted by Crippen LogP contribution is -2.18. The van der Waals surface area contributed by atoms with Gasteiger partial charge in [-0.1, -0.05) is 24.3 Å². The Kier molecular flexibility index (Phi) is 5.33. The SMILES string of the molecule is Cc1ccccc1NC(=O)/C(C#N)=C\c1ccc(N2CCCC2)c(F)c1. The van der Waals surface area contributed by atoms with E-state index >= 15 is 0 Å². The number of anilines is 2. The Hall–Kier alpha value is -3.13. The lowest BCUT2D eigenvalue weighted by atomic mass is 10.1. The molecule has 3 rings (SSSR count). The van der Waals surface area contributed by atoms with Gasteiger partial charge in [0.2, 0.25) is 0 Å². The molecule has 0 atom stereocenters.